The number of allylic oxidation sites excluding steroid dienone is 1. The van der Waals surface area contributed by atoms with Crippen LogP contribution in [0.2, 0.25) is 0 Å². The number of nitrogens with zero attached hydrogens (tertiary/aromatic N) is 1. The summed E-state index contributed by atoms with van der Waals surface area (Å²) in [6.07, 6.45) is 0. The van der Waals surface area contributed by atoms with Gasteiger partial charge in [0.2, 0.25) is 0 Å². The predicted molar refractivity (Wildman–Crippen MR) is 88.3 cm³/mol. The van der Waals surface area contributed by atoms with Crippen molar-refractivity contribution in [3.63, 3.8) is 0 Å². The van der Waals surface area contributed by atoms with Crippen LogP contribution in [0.5, 0.6) is 0 Å². The molecule has 2 aliphatic rings. The van der Waals surface area contributed by atoms with Gasteiger partial charge >= 0.3 is 5.97 Å². The van der Waals surface area contributed by atoms with E-state index in [0.717, 1.165) is 4.31 Å². The molecule has 0 saturated heterocycles. The van der Waals surface area contributed by atoms with Crippen molar-refractivity contribution < 1.29 is 22.7 Å². The lowest BCUT2D eigenvalue weighted by Gasteiger charge is -2.37. The van der Waals surface area contributed by atoms with Crippen molar-refractivity contribution in [1.82, 2.24) is 0 Å². The maximum absolute atomic E-state index is 12.9. The Morgan fingerprint density at radius 2 is 2.00 bits per heavy atom. The average Bonchev–Trinajstić information content (AvgIpc) is 2.54. The van der Waals surface area contributed by atoms with E-state index in [1.54, 1.807) is 24.3 Å². The summed E-state index contributed by atoms with van der Waals surface area (Å²) in [5.74, 6) is -1.29. The summed E-state index contributed by atoms with van der Waals surface area (Å²) >= 11 is 1.20. The number of carbonyl (C=O) groups excluding carboxylic acids is 2. The Labute approximate surface area is 138 Å². The highest BCUT2D eigenvalue weighted by Crippen LogP contribution is 2.51. The van der Waals surface area contributed by atoms with E-state index in [2.05, 4.69) is 0 Å². The number of hydrogen-bond donors (Lipinski definition) is 0. The number of carbonyl (C=O) groups is 2. The molecule has 0 saturated carbocycles. The molecule has 0 amide bonds. The second-order valence-electron chi connectivity index (χ2n) is 5.59. The molecule has 1 aromatic carbocycles. The quantitative estimate of drug-likeness (QED) is 0.564. The van der Waals surface area contributed by atoms with Gasteiger partial charge in [-0.05, 0) is 13.0 Å². The average molecular weight is 353 g/mol. The number of rotatable bonds is 1. The number of Topliss-reactive ketones (excluding diaryl/α,β-unsaturated/α-hetero) is 1. The van der Waals surface area contributed by atoms with Crippen LogP contribution in [0.25, 0.3) is 4.91 Å². The monoisotopic (exact) mass is 353 g/mol. The Morgan fingerprint density at radius 1 is 1.35 bits per heavy atom. The van der Waals surface area contributed by atoms with Gasteiger partial charge in [-0.2, -0.15) is 0 Å². The number of anilines is 1. The normalized spacial score (nSPS) is 25.7. The summed E-state index contributed by atoms with van der Waals surface area (Å²) in [5, 5.41) is 0. The number of sulfonamides is 1. The van der Waals surface area contributed by atoms with Crippen molar-refractivity contribution in [2.75, 3.05) is 24.2 Å². The van der Waals surface area contributed by atoms with Gasteiger partial charge in [-0.25, -0.2) is 8.42 Å². The van der Waals surface area contributed by atoms with Crippen LogP contribution in [0.4, 0.5) is 5.69 Å². The third-order valence-electron chi connectivity index (χ3n) is 4.16. The minimum atomic E-state index is -4.00. The zero-order chi connectivity index (χ0) is 17.0. The summed E-state index contributed by atoms with van der Waals surface area (Å²) in [7, 11) is -1.41. The smallest absolute Gasteiger partial charge is 0.320 e. The molecule has 0 aliphatic carbocycles. The molecule has 0 aromatic heterocycles. The number of benzene rings is 1. The molecular weight excluding hydrogens is 338 g/mol. The van der Waals surface area contributed by atoms with E-state index in [4.69, 9.17) is 4.74 Å². The Kier molecular flexibility index (Phi) is 3.57. The molecule has 0 spiro atoms. The summed E-state index contributed by atoms with van der Waals surface area (Å²) < 4.78 is 31.4. The molecule has 1 aromatic rings. The highest BCUT2D eigenvalue weighted by Gasteiger charge is 2.53. The Bertz CT molecular complexity index is 858. The molecule has 2 heterocycles. The largest absolute Gasteiger partial charge is 0.468 e. The number of ether oxygens (including phenoxy) is 1. The molecule has 6 nitrogen and oxygen atoms in total. The summed E-state index contributed by atoms with van der Waals surface area (Å²) in [6, 6.07) is 6.99. The molecule has 1 atom stereocenters. The standard InChI is InChI=1S/C15H15NO5S2/c1-15(14(18)21-3)8-22-11-9-6-4-5-7-10(9)16(2)23(19,20)12(11)13(15)17/h4-7H,8H2,1-3H3. The molecule has 0 fully saturated rings. The van der Waals surface area contributed by atoms with Crippen LogP contribution in [0.3, 0.4) is 0 Å². The summed E-state index contributed by atoms with van der Waals surface area (Å²) in [6.45, 7) is 1.42. The SMILES string of the molecule is COC(=O)C1(C)CSC2=C(C1=O)S(=O)(=O)N(C)c1ccccc12. The molecular formula is C15H15NO5S2. The molecule has 2 aliphatic heterocycles. The fraction of sp³-hybridized carbons (Fsp3) is 0.333. The van der Waals surface area contributed by atoms with Crippen LogP contribution in [-0.2, 0) is 24.3 Å². The van der Waals surface area contributed by atoms with Crippen LogP contribution in [0.1, 0.15) is 12.5 Å². The van der Waals surface area contributed by atoms with Gasteiger partial charge in [0.05, 0.1) is 12.8 Å². The highest BCUT2D eigenvalue weighted by atomic mass is 32.2. The number of esters is 1. The van der Waals surface area contributed by atoms with Crippen molar-refractivity contribution in [2.45, 2.75) is 6.92 Å². The lowest BCUT2D eigenvalue weighted by Crippen LogP contribution is -2.47. The molecule has 3 rings (SSSR count). The van der Waals surface area contributed by atoms with E-state index in [9.17, 15) is 18.0 Å². The number of para-hydroxylation sites is 1. The van der Waals surface area contributed by atoms with Crippen LogP contribution in [0.15, 0.2) is 29.2 Å². The predicted octanol–water partition coefficient (Wildman–Crippen LogP) is 1.63. The van der Waals surface area contributed by atoms with E-state index in [1.165, 1.54) is 32.8 Å². The molecule has 1 unspecified atom stereocenters. The van der Waals surface area contributed by atoms with Gasteiger partial charge in [0.25, 0.3) is 10.0 Å². The Hall–Kier alpha value is -1.80. The highest BCUT2D eigenvalue weighted by molar-refractivity contribution is 8.10. The molecule has 122 valence electrons. The van der Waals surface area contributed by atoms with Gasteiger partial charge in [-0.1, -0.05) is 18.2 Å². The molecule has 0 N–H and O–H groups in total. The van der Waals surface area contributed by atoms with E-state index in [-0.39, 0.29) is 10.7 Å². The van der Waals surface area contributed by atoms with Crippen molar-refractivity contribution >= 4 is 44.1 Å². The third-order valence-corrected chi connectivity index (χ3v) is 7.55. The lowest BCUT2D eigenvalue weighted by atomic mass is 9.86. The van der Waals surface area contributed by atoms with Crippen molar-refractivity contribution in [2.24, 2.45) is 5.41 Å². The maximum Gasteiger partial charge on any atom is 0.320 e. The van der Waals surface area contributed by atoms with Crippen LogP contribution in [-0.4, -0.2) is 40.1 Å². The molecule has 0 bridgehead atoms. The lowest BCUT2D eigenvalue weighted by molar-refractivity contribution is -0.154. The van der Waals surface area contributed by atoms with Gasteiger partial charge in [0.1, 0.15) is 10.3 Å². The van der Waals surface area contributed by atoms with Crippen LogP contribution >= 0.6 is 11.8 Å². The van der Waals surface area contributed by atoms with E-state index >= 15 is 0 Å². The molecule has 23 heavy (non-hydrogen) atoms. The minimum absolute atomic E-state index is 0.144. The summed E-state index contributed by atoms with van der Waals surface area (Å²) in [4.78, 5) is 25.0. The number of hydrogen-bond acceptors (Lipinski definition) is 6. The maximum atomic E-state index is 12.9. The first kappa shape index (κ1) is 16.1. The van der Waals surface area contributed by atoms with Crippen molar-refractivity contribution in [3.8, 4) is 0 Å². The van der Waals surface area contributed by atoms with Crippen LogP contribution < -0.4 is 4.31 Å². The first-order chi connectivity index (χ1) is 10.7. The second-order valence-corrected chi connectivity index (χ2v) is 8.48. The fourth-order valence-corrected chi connectivity index (χ4v) is 5.94. The number of ketones is 1. The fourth-order valence-electron chi connectivity index (χ4n) is 2.72. The van der Waals surface area contributed by atoms with E-state index in [0.29, 0.717) is 16.2 Å². The zero-order valence-electron chi connectivity index (χ0n) is 12.8. The number of fused-ring (bicyclic) bond motifs is 2. The first-order valence-electron chi connectivity index (χ1n) is 6.84. The topological polar surface area (TPSA) is 80.8 Å². The number of methoxy groups -OCH3 is 1. The van der Waals surface area contributed by atoms with Gasteiger partial charge in [0.15, 0.2) is 5.78 Å². The van der Waals surface area contributed by atoms with E-state index < -0.39 is 27.2 Å². The second kappa shape index (κ2) is 5.10. The van der Waals surface area contributed by atoms with E-state index in [1.807, 2.05) is 0 Å². The zero-order valence-corrected chi connectivity index (χ0v) is 14.5. The molecule has 0 radical (unpaired) electrons. The van der Waals surface area contributed by atoms with Gasteiger partial charge < -0.3 is 4.74 Å². The van der Waals surface area contributed by atoms with Crippen LogP contribution in [0, 0.1) is 5.41 Å². The Morgan fingerprint density at radius 3 is 2.65 bits per heavy atom. The molecule has 8 heteroatoms. The van der Waals surface area contributed by atoms with Gasteiger partial charge in [0, 0.05) is 23.3 Å². The first-order valence-corrected chi connectivity index (χ1v) is 9.26. The van der Waals surface area contributed by atoms with Gasteiger partial charge in [-0.3, -0.25) is 13.9 Å². The third kappa shape index (κ3) is 2.05. The number of thioether (sulfide) groups is 1. The van der Waals surface area contributed by atoms with Gasteiger partial charge in [-0.15, -0.1) is 11.8 Å². The van der Waals surface area contributed by atoms with Crippen molar-refractivity contribution in [3.05, 3.63) is 34.7 Å². The Balaban J connectivity index is 2.29. The summed E-state index contributed by atoms with van der Waals surface area (Å²) in [5.41, 5.74) is -0.295. The minimum Gasteiger partial charge on any atom is -0.468 e. The van der Waals surface area contributed by atoms with Crippen molar-refractivity contribution in [1.29, 1.82) is 0 Å².